The third kappa shape index (κ3) is 7.23. The summed E-state index contributed by atoms with van der Waals surface area (Å²) in [5, 5.41) is 44.3. The largest absolute Gasteiger partial charge is 0.463 e. The summed E-state index contributed by atoms with van der Waals surface area (Å²) in [6.07, 6.45) is -2.27. The number of carbonyl (C=O) groups excluding carboxylic acids is 2. The Bertz CT molecular complexity index is 1530. The van der Waals surface area contributed by atoms with Crippen LogP contribution in [0.3, 0.4) is 0 Å². The Morgan fingerprint density at radius 1 is 0.842 bits per heavy atom. The van der Waals surface area contributed by atoms with E-state index in [4.69, 9.17) is 37.9 Å². The number of hydrogen-bond acceptors (Lipinski definition) is 14. The van der Waals surface area contributed by atoms with Gasteiger partial charge in [0.15, 0.2) is 24.5 Å². The smallest absolute Gasteiger partial charge is 0.303 e. The number of hydrogen-bond donors (Lipinski definition) is 4. The van der Waals surface area contributed by atoms with Crippen LogP contribution in [0.15, 0.2) is 11.6 Å². The Kier molecular flexibility index (Phi) is 11.5. The van der Waals surface area contributed by atoms with Crippen molar-refractivity contribution in [1.29, 1.82) is 0 Å². The maximum absolute atomic E-state index is 11.7. The minimum absolute atomic E-state index is 0.0137. The average molecular weight is 807 g/mol. The van der Waals surface area contributed by atoms with Crippen LogP contribution >= 0.6 is 0 Å². The topological polar surface area (TPSA) is 189 Å². The molecule has 8 rings (SSSR count). The number of allylic oxidation sites excluding steroid dienone is 1. The number of esters is 2. The van der Waals surface area contributed by atoms with Crippen LogP contribution in [0, 0.1) is 46.3 Å². The van der Waals surface area contributed by atoms with Gasteiger partial charge in [-0.15, -0.1) is 0 Å². The minimum Gasteiger partial charge on any atom is -0.463 e. The van der Waals surface area contributed by atoms with Gasteiger partial charge in [0.05, 0.1) is 24.9 Å². The van der Waals surface area contributed by atoms with E-state index in [1.54, 1.807) is 6.92 Å². The molecule has 8 aliphatic rings. The standard InChI is InChI=1S/C43H66O14/c1-20-10-15-43(51-18-20)21(2)32-30(57-43)17-29-27-9-8-25-16-26(11-13-41(25,6)28(27)12-14-42(29,32)7)54-40-38(34(47)33(46)31(55-40)19-50-23(4)44)56-39-36(49)35(48)37(22(3)52-39)53-24(5)45/h8,20-22,26-40,46-49H,9-19H2,1-7H3/t20-,21+,22+,26+,27-,28+,29+,30+,31-,32+,33-,34+,35+,36-,37+,38-,39+,40-,41+,42+,43-/m1/s1. The quantitative estimate of drug-likeness (QED) is 0.216. The van der Waals surface area contributed by atoms with Gasteiger partial charge < -0.3 is 58.3 Å². The second kappa shape index (κ2) is 15.6. The first kappa shape index (κ1) is 42.0. The molecule has 4 aliphatic carbocycles. The number of fused-ring (bicyclic) bond motifs is 7. The number of ether oxygens (including phenoxy) is 8. The first-order valence-electron chi connectivity index (χ1n) is 21.6. The zero-order chi connectivity index (χ0) is 40.8. The van der Waals surface area contributed by atoms with E-state index in [1.165, 1.54) is 32.3 Å². The highest BCUT2D eigenvalue weighted by molar-refractivity contribution is 5.66. The zero-order valence-corrected chi connectivity index (χ0v) is 34.6. The van der Waals surface area contributed by atoms with Crippen LogP contribution in [-0.4, -0.2) is 125 Å². The van der Waals surface area contributed by atoms with Gasteiger partial charge in [0.1, 0.15) is 43.2 Å². The van der Waals surface area contributed by atoms with Gasteiger partial charge in [-0.1, -0.05) is 39.3 Å². The van der Waals surface area contributed by atoms with Crippen LogP contribution in [0.2, 0.25) is 0 Å². The van der Waals surface area contributed by atoms with Gasteiger partial charge in [-0.2, -0.15) is 0 Å². The lowest BCUT2D eigenvalue weighted by Gasteiger charge is -2.58. The third-order valence-electron chi connectivity index (χ3n) is 16.1. The number of aliphatic hydroxyl groups excluding tert-OH is 4. The molecule has 0 bridgehead atoms. The molecule has 1 spiro atoms. The molecule has 0 aromatic carbocycles. The molecule has 0 aromatic rings. The fourth-order valence-electron chi connectivity index (χ4n) is 13.1. The van der Waals surface area contributed by atoms with Crippen LogP contribution in [0.1, 0.15) is 106 Å². The first-order chi connectivity index (χ1) is 27.0. The van der Waals surface area contributed by atoms with Crippen molar-refractivity contribution in [2.24, 2.45) is 46.3 Å². The molecule has 14 heteroatoms. The van der Waals surface area contributed by atoms with Gasteiger partial charge in [0.25, 0.3) is 0 Å². The number of aliphatic hydroxyl groups is 4. The van der Waals surface area contributed by atoms with Gasteiger partial charge in [-0.25, -0.2) is 0 Å². The Morgan fingerprint density at radius 3 is 2.30 bits per heavy atom. The Hall–Kier alpha value is -1.72. The lowest BCUT2D eigenvalue weighted by atomic mass is 9.47. The van der Waals surface area contributed by atoms with Crippen molar-refractivity contribution in [3.05, 3.63) is 11.6 Å². The summed E-state index contributed by atoms with van der Waals surface area (Å²) in [5.41, 5.74) is 1.61. The van der Waals surface area contributed by atoms with Crippen LogP contribution in [0.4, 0.5) is 0 Å². The highest BCUT2D eigenvalue weighted by atomic mass is 16.8. The van der Waals surface area contributed by atoms with E-state index in [0.29, 0.717) is 41.9 Å². The fraction of sp³-hybridized carbons (Fsp3) is 0.907. The zero-order valence-electron chi connectivity index (χ0n) is 34.6. The monoisotopic (exact) mass is 806 g/mol. The van der Waals surface area contributed by atoms with Crippen molar-refractivity contribution in [2.45, 2.75) is 186 Å². The van der Waals surface area contributed by atoms with Crippen molar-refractivity contribution in [1.82, 2.24) is 0 Å². The molecule has 14 nitrogen and oxygen atoms in total. The molecule has 57 heavy (non-hydrogen) atoms. The maximum atomic E-state index is 11.7. The van der Waals surface area contributed by atoms with Crippen molar-refractivity contribution < 1.29 is 67.9 Å². The number of rotatable bonds is 7. The summed E-state index contributed by atoms with van der Waals surface area (Å²) in [5.74, 6) is 1.54. The SMILES string of the molecule is CC(=O)OC[C@H]1O[C@@H](O[C@H]2CC[C@@]3(C)C(=CC[C@H]4[C@@H]5C[C@@H]6O[C@]7(CC[C@@H](C)CO7)[C@@H](C)[C@@H]6[C@@]5(C)CC[C@@H]43)C2)[C@H](O[C@@H]2O[C@@H](C)[C@H](OC(C)=O)[C@@H](O)[C@H]2O)[C@@H](O)[C@@H]1O. The summed E-state index contributed by atoms with van der Waals surface area (Å²) in [6.45, 7) is 14.1. The number of carbonyl (C=O) groups is 2. The molecule has 3 saturated carbocycles. The third-order valence-corrected chi connectivity index (χ3v) is 16.1. The molecule has 4 aliphatic heterocycles. The van der Waals surface area contributed by atoms with Gasteiger partial charge in [-0.05, 0) is 98.7 Å². The van der Waals surface area contributed by atoms with E-state index in [9.17, 15) is 30.0 Å². The molecular weight excluding hydrogens is 740 g/mol. The van der Waals surface area contributed by atoms with Crippen molar-refractivity contribution >= 4 is 11.9 Å². The summed E-state index contributed by atoms with van der Waals surface area (Å²) in [7, 11) is 0. The predicted molar refractivity (Wildman–Crippen MR) is 201 cm³/mol. The molecule has 0 unspecified atom stereocenters. The fourth-order valence-corrected chi connectivity index (χ4v) is 13.1. The van der Waals surface area contributed by atoms with Crippen LogP contribution in [0.5, 0.6) is 0 Å². The van der Waals surface area contributed by atoms with Crippen molar-refractivity contribution in [3.8, 4) is 0 Å². The summed E-state index contributed by atoms with van der Waals surface area (Å²) in [6, 6.07) is 0. The van der Waals surface area contributed by atoms with E-state index in [-0.39, 0.29) is 29.6 Å². The predicted octanol–water partition coefficient (Wildman–Crippen LogP) is 3.53. The van der Waals surface area contributed by atoms with Gasteiger partial charge in [0, 0.05) is 26.2 Å². The van der Waals surface area contributed by atoms with E-state index in [0.717, 1.165) is 45.1 Å². The van der Waals surface area contributed by atoms with Gasteiger partial charge >= 0.3 is 11.9 Å². The van der Waals surface area contributed by atoms with E-state index < -0.39 is 79.1 Å². The summed E-state index contributed by atoms with van der Waals surface area (Å²) < 4.78 is 48.6. The summed E-state index contributed by atoms with van der Waals surface area (Å²) >= 11 is 0. The van der Waals surface area contributed by atoms with Crippen LogP contribution in [-0.2, 0) is 47.5 Å². The van der Waals surface area contributed by atoms with Crippen molar-refractivity contribution in [3.63, 3.8) is 0 Å². The average Bonchev–Trinajstić information content (AvgIpc) is 3.61. The van der Waals surface area contributed by atoms with Crippen molar-refractivity contribution in [2.75, 3.05) is 13.2 Å². The molecule has 4 saturated heterocycles. The normalized spacial score (nSPS) is 53.2. The minimum atomic E-state index is -1.66. The lowest BCUT2D eigenvalue weighted by molar-refractivity contribution is -0.370. The van der Waals surface area contributed by atoms with Gasteiger partial charge in [0.2, 0.25) is 0 Å². The summed E-state index contributed by atoms with van der Waals surface area (Å²) in [4.78, 5) is 23.3. The molecule has 7 fully saturated rings. The molecule has 0 radical (unpaired) electrons. The highest BCUT2D eigenvalue weighted by Crippen LogP contribution is 2.70. The molecule has 21 atom stereocenters. The Labute approximate surface area is 336 Å². The highest BCUT2D eigenvalue weighted by Gasteiger charge is 2.69. The second-order valence-corrected chi connectivity index (χ2v) is 19.5. The van der Waals surface area contributed by atoms with E-state index >= 15 is 0 Å². The maximum Gasteiger partial charge on any atom is 0.303 e. The molecule has 4 heterocycles. The van der Waals surface area contributed by atoms with E-state index in [1.807, 2.05) is 0 Å². The molecule has 4 N–H and O–H groups in total. The molecular formula is C43H66O14. The van der Waals surface area contributed by atoms with Crippen LogP contribution < -0.4 is 0 Å². The second-order valence-electron chi connectivity index (χ2n) is 19.5. The first-order valence-corrected chi connectivity index (χ1v) is 21.6. The Balaban J connectivity index is 0.969. The molecule has 0 amide bonds. The van der Waals surface area contributed by atoms with E-state index in [2.05, 4.69) is 33.8 Å². The van der Waals surface area contributed by atoms with Gasteiger partial charge in [-0.3, -0.25) is 9.59 Å². The Morgan fingerprint density at radius 2 is 1.60 bits per heavy atom. The molecule has 0 aromatic heterocycles. The molecule has 322 valence electrons. The lowest BCUT2D eigenvalue weighted by Crippen LogP contribution is -2.65. The van der Waals surface area contributed by atoms with Crippen LogP contribution in [0.25, 0.3) is 0 Å².